The van der Waals surface area contributed by atoms with E-state index in [0.29, 0.717) is 24.3 Å². The third kappa shape index (κ3) is 8.20. The minimum atomic E-state index is -1.83. The summed E-state index contributed by atoms with van der Waals surface area (Å²) >= 11 is 0. The van der Waals surface area contributed by atoms with Gasteiger partial charge in [-0.05, 0) is 77.6 Å². The first-order valence-corrected chi connectivity index (χ1v) is 16.3. The van der Waals surface area contributed by atoms with Crippen LogP contribution in [0.2, 0.25) is 26.2 Å². The Labute approximate surface area is 156 Å². The summed E-state index contributed by atoms with van der Waals surface area (Å²) in [5, 5.41) is 0. The van der Waals surface area contributed by atoms with E-state index in [2.05, 4.69) is 26.2 Å². The van der Waals surface area contributed by atoms with Gasteiger partial charge in [0.05, 0.1) is 24.7 Å². The van der Waals surface area contributed by atoms with Crippen LogP contribution in [0.5, 0.6) is 0 Å². The molecule has 0 bridgehead atoms. The summed E-state index contributed by atoms with van der Waals surface area (Å²) in [4.78, 5) is 0. The van der Waals surface area contributed by atoms with Gasteiger partial charge in [0.1, 0.15) is 0 Å². The number of hydrogen-bond acceptors (Lipinski definition) is 5. The molecule has 0 saturated heterocycles. The van der Waals surface area contributed by atoms with Gasteiger partial charge in [0.2, 0.25) is 0 Å². The van der Waals surface area contributed by atoms with Crippen molar-refractivity contribution >= 4 is 16.6 Å². The van der Waals surface area contributed by atoms with Gasteiger partial charge in [-0.3, -0.25) is 0 Å². The molecule has 0 heterocycles. The van der Waals surface area contributed by atoms with Crippen LogP contribution in [0.1, 0.15) is 51.4 Å². The Morgan fingerprint density at radius 1 is 0.640 bits per heavy atom. The molecule has 5 nitrogen and oxygen atoms in total. The van der Waals surface area contributed by atoms with Gasteiger partial charge in [-0.1, -0.05) is 0 Å². The van der Waals surface area contributed by atoms with Crippen LogP contribution in [0.3, 0.4) is 0 Å². The normalized spacial score (nSPS) is 31.9. The second-order valence-electron chi connectivity index (χ2n) is 9.32. The molecule has 0 atom stereocenters. The number of ether oxygens (including phenoxy) is 2. The molecule has 4 N–H and O–H groups in total. The molecular formula is C18H40N2O3Si2. The minimum Gasteiger partial charge on any atom is -0.453 e. The lowest BCUT2D eigenvalue weighted by molar-refractivity contribution is 0.0404. The van der Waals surface area contributed by atoms with Crippen molar-refractivity contribution < 1.29 is 13.6 Å². The predicted molar refractivity (Wildman–Crippen MR) is 108 cm³/mol. The Kier molecular flexibility index (Phi) is 8.13. The molecule has 7 heteroatoms. The second-order valence-corrected chi connectivity index (χ2v) is 17.7. The number of nitrogens with two attached hydrogens (primary N) is 2. The van der Waals surface area contributed by atoms with Crippen LogP contribution >= 0.6 is 0 Å². The van der Waals surface area contributed by atoms with Gasteiger partial charge in [0.25, 0.3) is 0 Å². The lowest BCUT2D eigenvalue weighted by Gasteiger charge is -2.36. The smallest absolute Gasteiger partial charge is 0.199 e. The van der Waals surface area contributed by atoms with Crippen molar-refractivity contribution in [1.82, 2.24) is 0 Å². The van der Waals surface area contributed by atoms with Gasteiger partial charge < -0.3 is 25.1 Å². The van der Waals surface area contributed by atoms with E-state index in [9.17, 15) is 0 Å². The van der Waals surface area contributed by atoms with Crippen molar-refractivity contribution in [2.24, 2.45) is 11.5 Å². The summed E-state index contributed by atoms with van der Waals surface area (Å²) in [6.45, 7) is 9.10. The summed E-state index contributed by atoms with van der Waals surface area (Å²) in [5.74, 6) is 0. The van der Waals surface area contributed by atoms with Gasteiger partial charge in [0.15, 0.2) is 16.6 Å². The zero-order chi connectivity index (χ0) is 18.5. The fourth-order valence-corrected chi connectivity index (χ4v) is 11.7. The average molecular weight is 389 g/mol. The summed E-state index contributed by atoms with van der Waals surface area (Å²) in [6, 6.07) is 0.748. The van der Waals surface area contributed by atoms with E-state index in [1.807, 2.05) is 0 Å². The SMILES string of the molecule is C[Si](C)(COC1CCC(N)CC1)O[Si](C)(C)COC1CCC(N)CC1. The van der Waals surface area contributed by atoms with E-state index >= 15 is 0 Å². The van der Waals surface area contributed by atoms with Crippen LogP contribution in [-0.2, 0) is 13.6 Å². The van der Waals surface area contributed by atoms with E-state index < -0.39 is 16.6 Å². The quantitative estimate of drug-likeness (QED) is 0.625. The van der Waals surface area contributed by atoms with E-state index in [4.69, 9.17) is 25.1 Å². The van der Waals surface area contributed by atoms with Crippen LogP contribution in [0.25, 0.3) is 0 Å². The van der Waals surface area contributed by atoms with Crippen molar-refractivity contribution in [3.8, 4) is 0 Å². The highest BCUT2D eigenvalue weighted by atomic mass is 28.4. The van der Waals surface area contributed by atoms with Crippen LogP contribution < -0.4 is 11.5 Å². The van der Waals surface area contributed by atoms with Gasteiger partial charge in [-0.25, -0.2) is 0 Å². The van der Waals surface area contributed by atoms with Crippen LogP contribution in [0.4, 0.5) is 0 Å². The molecule has 25 heavy (non-hydrogen) atoms. The van der Waals surface area contributed by atoms with E-state index in [-0.39, 0.29) is 0 Å². The highest BCUT2D eigenvalue weighted by molar-refractivity contribution is 6.84. The first kappa shape index (κ1) is 21.5. The Balaban J connectivity index is 1.69. The first-order valence-electron chi connectivity index (χ1n) is 10.1. The van der Waals surface area contributed by atoms with Crippen molar-refractivity contribution in [3.63, 3.8) is 0 Å². The standard InChI is InChI=1S/C18H40N2O3Si2/c1-24(2,13-21-17-9-5-15(19)6-10-17)23-25(3,4)14-22-18-11-7-16(20)8-12-18/h15-18H,5-14,19-20H2,1-4H3. The molecule has 0 aliphatic heterocycles. The van der Waals surface area contributed by atoms with Crippen molar-refractivity contribution in [2.75, 3.05) is 12.5 Å². The average Bonchev–Trinajstić information content (AvgIpc) is 2.53. The first-order chi connectivity index (χ1) is 11.7. The lowest BCUT2D eigenvalue weighted by atomic mass is 9.94. The topological polar surface area (TPSA) is 79.7 Å². The molecular weight excluding hydrogens is 348 g/mol. The zero-order valence-electron chi connectivity index (χ0n) is 16.8. The Morgan fingerprint density at radius 3 is 1.28 bits per heavy atom. The molecule has 2 saturated carbocycles. The van der Waals surface area contributed by atoms with E-state index in [1.54, 1.807) is 0 Å². The second kappa shape index (κ2) is 9.44. The molecule has 0 spiro atoms. The highest BCUT2D eigenvalue weighted by Crippen LogP contribution is 2.24. The number of rotatable bonds is 8. The van der Waals surface area contributed by atoms with Crippen LogP contribution in [0.15, 0.2) is 0 Å². The molecule has 2 aliphatic rings. The third-order valence-corrected chi connectivity index (χ3v) is 11.5. The summed E-state index contributed by atoms with van der Waals surface area (Å²) in [7, 11) is -3.66. The van der Waals surface area contributed by atoms with Crippen molar-refractivity contribution in [1.29, 1.82) is 0 Å². The molecule has 2 aliphatic carbocycles. The minimum absolute atomic E-state index is 0.374. The Hall–Kier alpha value is 0.234. The van der Waals surface area contributed by atoms with E-state index in [1.165, 1.54) is 0 Å². The summed E-state index contributed by atoms with van der Waals surface area (Å²) in [6.07, 6.45) is 11.1. The summed E-state index contributed by atoms with van der Waals surface area (Å²) < 4.78 is 19.0. The van der Waals surface area contributed by atoms with Crippen molar-refractivity contribution in [3.05, 3.63) is 0 Å². The molecule has 0 amide bonds. The maximum absolute atomic E-state index is 6.63. The van der Waals surface area contributed by atoms with Crippen LogP contribution in [-0.4, -0.2) is 53.4 Å². The molecule has 2 fully saturated rings. The Bertz CT molecular complexity index is 358. The summed E-state index contributed by atoms with van der Waals surface area (Å²) in [5.41, 5.74) is 12.0. The maximum Gasteiger partial charge on any atom is 0.199 e. The zero-order valence-corrected chi connectivity index (χ0v) is 18.8. The number of hydrogen-bond donors (Lipinski definition) is 2. The van der Waals surface area contributed by atoms with Gasteiger partial charge in [-0.15, -0.1) is 0 Å². The molecule has 0 aromatic carbocycles. The highest BCUT2D eigenvalue weighted by Gasteiger charge is 2.35. The Morgan fingerprint density at radius 2 is 0.960 bits per heavy atom. The largest absolute Gasteiger partial charge is 0.453 e. The molecule has 2 rings (SSSR count). The lowest BCUT2D eigenvalue weighted by Crippen LogP contribution is -2.51. The molecule has 0 unspecified atom stereocenters. The molecule has 0 radical (unpaired) electrons. The molecule has 0 aromatic heterocycles. The van der Waals surface area contributed by atoms with Crippen molar-refractivity contribution in [2.45, 2.75) is 102 Å². The van der Waals surface area contributed by atoms with E-state index in [0.717, 1.165) is 63.8 Å². The fraction of sp³-hybridized carbons (Fsp3) is 1.00. The monoisotopic (exact) mass is 388 g/mol. The van der Waals surface area contributed by atoms with Gasteiger partial charge in [0, 0.05) is 12.1 Å². The van der Waals surface area contributed by atoms with Gasteiger partial charge >= 0.3 is 0 Å². The van der Waals surface area contributed by atoms with Crippen LogP contribution in [0, 0.1) is 0 Å². The molecule has 0 aromatic rings. The third-order valence-electron chi connectivity index (χ3n) is 5.32. The maximum atomic E-state index is 6.63. The van der Waals surface area contributed by atoms with Gasteiger partial charge in [-0.2, -0.15) is 0 Å². The predicted octanol–water partition coefficient (Wildman–Crippen LogP) is 3.06. The fourth-order valence-electron chi connectivity index (χ4n) is 3.95. The molecule has 148 valence electrons.